The Balaban J connectivity index is 2.03. The molecule has 3 aliphatic rings. The Morgan fingerprint density at radius 3 is 1.73 bits per heavy atom. The van der Waals surface area contributed by atoms with Crippen molar-refractivity contribution >= 4 is 11.8 Å². The Labute approximate surface area is 139 Å². The Bertz CT molecular complexity index is 241. The van der Waals surface area contributed by atoms with Gasteiger partial charge in [-0.3, -0.25) is 0 Å². The zero-order chi connectivity index (χ0) is 15.7. The third kappa shape index (κ3) is 6.70. The number of nitrogens with two attached hydrogens (primary N) is 1. The lowest BCUT2D eigenvalue weighted by molar-refractivity contribution is 0.273. The number of nitrogens with one attached hydrogen (secondary N) is 5. The molecule has 7 N–H and O–H groups in total. The van der Waals surface area contributed by atoms with E-state index >= 15 is 0 Å². The van der Waals surface area contributed by atoms with Gasteiger partial charge >= 0.3 is 0 Å². The highest BCUT2D eigenvalue weighted by molar-refractivity contribution is 7.99. The van der Waals surface area contributed by atoms with Crippen LogP contribution in [0.2, 0.25) is 0 Å². The molecule has 0 aromatic rings. The Kier molecular flexibility index (Phi) is 7.90. The van der Waals surface area contributed by atoms with Gasteiger partial charge in [-0.05, 0) is 0 Å². The maximum atomic E-state index is 6.62. The minimum absolute atomic E-state index is 0.173. The molecule has 6 nitrogen and oxygen atoms in total. The third-order valence-corrected chi connectivity index (χ3v) is 5.65. The summed E-state index contributed by atoms with van der Waals surface area (Å²) >= 11 is 1.96. The SMILES string of the molecule is CC12CNCCNCC(N)(CNCCNC1)CSCCNC2. The highest BCUT2D eigenvalue weighted by Gasteiger charge is 2.26. The van der Waals surface area contributed by atoms with Gasteiger partial charge in [0.1, 0.15) is 0 Å². The smallest absolute Gasteiger partial charge is 0.0498 e. The molecule has 7 heteroatoms. The van der Waals surface area contributed by atoms with Crippen molar-refractivity contribution in [2.24, 2.45) is 11.1 Å². The van der Waals surface area contributed by atoms with E-state index in [0.717, 1.165) is 77.0 Å². The first-order valence-corrected chi connectivity index (χ1v) is 9.68. The van der Waals surface area contributed by atoms with Crippen LogP contribution in [0.5, 0.6) is 0 Å². The standard InChI is InChI=1S/C15H34N6S/c1-14-8-17-2-4-19-11-15(16,12-20-5-3-18-9-14)13-22-7-6-21-10-14/h17-21H,2-13,16H2,1H3. The van der Waals surface area contributed by atoms with E-state index in [1.165, 1.54) is 0 Å². The maximum Gasteiger partial charge on any atom is 0.0498 e. The van der Waals surface area contributed by atoms with Crippen LogP contribution in [-0.2, 0) is 0 Å². The lowest BCUT2D eigenvalue weighted by atomic mass is 9.90. The van der Waals surface area contributed by atoms with Crippen molar-refractivity contribution in [1.29, 1.82) is 0 Å². The molecule has 3 saturated heterocycles. The molecule has 2 bridgehead atoms. The van der Waals surface area contributed by atoms with Gasteiger partial charge in [-0.15, -0.1) is 0 Å². The van der Waals surface area contributed by atoms with Crippen LogP contribution in [0, 0.1) is 5.41 Å². The molecular formula is C15H34N6S. The number of thioether (sulfide) groups is 1. The summed E-state index contributed by atoms with van der Waals surface area (Å²) in [7, 11) is 0. The molecule has 0 saturated carbocycles. The average Bonchev–Trinajstić information content (AvgIpc) is 2.49. The van der Waals surface area contributed by atoms with Gasteiger partial charge in [0.2, 0.25) is 0 Å². The molecule has 3 rings (SSSR count). The minimum Gasteiger partial charge on any atom is -0.322 e. The fourth-order valence-electron chi connectivity index (χ4n) is 2.97. The minimum atomic E-state index is -0.173. The van der Waals surface area contributed by atoms with E-state index < -0.39 is 0 Å². The number of hydrogen-bond donors (Lipinski definition) is 6. The molecule has 3 aliphatic heterocycles. The van der Waals surface area contributed by atoms with Gasteiger partial charge in [0.25, 0.3) is 0 Å². The average molecular weight is 331 g/mol. The predicted molar refractivity (Wildman–Crippen MR) is 96.7 cm³/mol. The molecule has 3 fully saturated rings. The van der Waals surface area contributed by atoms with Crippen LogP contribution in [0.25, 0.3) is 0 Å². The zero-order valence-electron chi connectivity index (χ0n) is 14.0. The van der Waals surface area contributed by atoms with E-state index in [1.807, 2.05) is 11.8 Å². The van der Waals surface area contributed by atoms with E-state index in [9.17, 15) is 0 Å². The van der Waals surface area contributed by atoms with Gasteiger partial charge in [0, 0.05) is 87.9 Å². The van der Waals surface area contributed by atoms with Crippen LogP contribution in [0.4, 0.5) is 0 Å². The third-order valence-electron chi connectivity index (χ3n) is 4.38. The first kappa shape index (κ1) is 18.4. The van der Waals surface area contributed by atoms with E-state index in [-0.39, 0.29) is 11.0 Å². The molecular weight excluding hydrogens is 296 g/mol. The summed E-state index contributed by atoms with van der Waals surface area (Å²) in [6.45, 7) is 12.2. The fourth-order valence-corrected chi connectivity index (χ4v) is 4.01. The van der Waals surface area contributed by atoms with Crippen molar-refractivity contribution < 1.29 is 0 Å². The van der Waals surface area contributed by atoms with Crippen molar-refractivity contribution in [2.75, 3.05) is 77.0 Å². The van der Waals surface area contributed by atoms with Crippen LogP contribution in [-0.4, -0.2) is 82.5 Å². The quantitative estimate of drug-likeness (QED) is 0.319. The molecule has 0 radical (unpaired) electrons. The number of hydrogen-bond acceptors (Lipinski definition) is 7. The largest absolute Gasteiger partial charge is 0.322 e. The van der Waals surface area contributed by atoms with Crippen molar-refractivity contribution in [3.8, 4) is 0 Å². The summed E-state index contributed by atoms with van der Waals surface area (Å²) < 4.78 is 0. The first-order chi connectivity index (χ1) is 10.6. The van der Waals surface area contributed by atoms with Gasteiger partial charge in [0.05, 0.1) is 0 Å². The summed E-state index contributed by atoms with van der Waals surface area (Å²) in [5.74, 6) is 2.11. The van der Waals surface area contributed by atoms with Crippen LogP contribution in [0.3, 0.4) is 0 Å². The lowest BCUT2D eigenvalue weighted by Gasteiger charge is -2.34. The van der Waals surface area contributed by atoms with Gasteiger partial charge < -0.3 is 32.3 Å². The molecule has 0 aromatic carbocycles. The molecule has 22 heavy (non-hydrogen) atoms. The summed E-state index contributed by atoms with van der Waals surface area (Å²) in [6.07, 6.45) is 0. The normalized spacial score (nSPS) is 37.4. The van der Waals surface area contributed by atoms with Gasteiger partial charge in [-0.1, -0.05) is 6.92 Å². The van der Waals surface area contributed by atoms with Gasteiger partial charge in [0.15, 0.2) is 0 Å². The summed E-state index contributed by atoms with van der Waals surface area (Å²) in [6, 6.07) is 0. The number of rotatable bonds is 0. The molecule has 0 unspecified atom stereocenters. The summed E-state index contributed by atoms with van der Waals surface area (Å²) in [4.78, 5) is 0. The monoisotopic (exact) mass is 330 g/mol. The van der Waals surface area contributed by atoms with Crippen molar-refractivity contribution in [3.63, 3.8) is 0 Å². The molecule has 0 aliphatic carbocycles. The molecule has 0 spiro atoms. The molecule has 130 valence electrons. The topological polar surface area (TPSA) is 86.2 Å². The van der Waals surface area contributed by atoms with E-state index in [4.69, 9.17) is 5.73 Å². The van der Waals surface area contributed by atoms with E-state index in [0.29, 0.717) is 0 Å². The van der Waals surface area contributed by atoms with Crippen LogP contribution < -0.4 is 32.3 Å². The summed E-state index contributed by atoms with van der Waals surface area (Å²) in [5, 5.41) is 17.9. The van der Waals surface area contributed by atoms with Crippen LogP contribution >= 0.6 is 11.8 Å². The van der Waals surface area contributed by atoms with Crippen molar-refractivity contribution in [1.82, 2.24) is 26.6 Å². The first-order valence-electron chi connectivity index (χ1n) is 8.52. The Hall–Kier alpha value is 0.110. The molecule has 0 atom stereocenters. The second-order valence-electron chi connectivity index (χ2n) is 7.11. The van der Waals surface area contributed by atoms with Crippen molar-refractivity contribution in [3.05, 3.63) is 0 Å². The molecule has 0 aromatic heterocycles. The summed E-state index contributed by atoms with van der Waals surface area (Å²) in [5.41, 5.74) is 6.69. The second-order valence-corrected chi connectivity index (χ2v) is 8.21. The van der Waals surface area contributed by atoms with E-state index in [1.54, 1.807) is 0 Å². The maximum absolute atomic E-state index is 6.62. The second kappa shape index (κ2) is 9.42. The molecule has 3 heterocycles. The van der Waals surface area contributed by atoms with Crippen LogP contribution in [0.1, 0.15) is 6.92 Å². The van der Waals surface area contributed by atoms with E-state index in [2.05, 4.69) is 33.5 Å². The lowest BCUT2D eigenvalue weighted by Crippen LogP contribution is -2.59. The van der Waals surface area contributed by atoms with Crippen molar-refractivity contribution in [2.45, 2.75) is 12.5 Å². The van der Waals surface area contributed by atoms with Gasteiger partial charge in [-0.25, -0.2) is 0 Å². The Morgan fingerprint density at radius 1 is 0.727 bits per heavy atom. The number of fused-ring (bicyclic) bond motifs is 15. The molecule has 0 amide bonds. The predicted octanol–water partition coefficient (Wildman–Crippen LogP) is -1.60. The fraction of sp³-hybridized carbons (Fsp3) is 1.00. The highest BCUT2D eigenvalue weighted by Crippen LogP contribution is 2.14. The zero-order valence-corrected chi connectivity index (χ0v) is 14.8. The van der Waals surface area contributed by atoms with Crippen LogP contribution in [0.15, 0.2) is 0 Å². The van der Waals surface area contributed by atoms with Gasteiger partial charge in [-0.2, -0.15) is 11.8 Å². The highest BCUT2D eigenvalue weighted by atomic mass is 32.2. The Morgan fingerprint density at radius 2 is 1.18 bits per heavy atom.